The highest BCUT2D eigenvalue weighted by Gasteiger charge is 2.25. The van der Waals surface area contributed by atoms with E-state index in [9.17, 15) is 5.11 Å². The molecule has 2 nitrogen and oxygen atoms in total. The molecule has 0 bridgehead atoms. The maximum atomic E-state index is 9.44. The molecule has 1 atom stereocenters. The first-order valence-electron chi connectivity index (χ1n) is 5.98. The number of hydrogen-bond donors (Lipinski definition) is 2. The van der Waals surface area contributed by atoms with Gasteiger partial charge in [0.25, 0.3) is 0 Å². The quantitative estimate of drug-likeness (QED) is 0.727. The Morgan fingerprint density at radius 2 is 1.79 bits per heavy atom. The number of hydrogen-bond acceptors (Lipinski definition) is 2. The fourth-order valence-corrected chi connectivity index (χ4v) is 2.56. The van der Waals surface area contributed by atoms with Crippen molar-refractivity contribution in [3.8, 4) is 0 Å². The van der Waals surface area contributed by atoms with E-state index in [4.69, 9.17) is 0 Å². The van der Waals surface area contributed by atoms with Gasteiger partial charge < -0.3 is 10.4 Å². The lowest BCUT2D eigenvalue weighted by Crippen LogP contribution is -2.37. The van der Waals surface area contributed by atoms with Gasteiger partial charge in [-0.05, 0) is 51.0 Å². The van der Waals surface area contributed by atoms with Crippen LogP contribution in [0.2, 0.25) is 0 Å². The van der Waals surface area contributed by atoms with Crippen LogP contribution in [0.25, 0.3) is 0 Å². The summed E-state index contributed by atoms with van der Waals surface area (Å²) in [5.41, 5.74) is 0. The van der Waals surface area contributed by atoms with Gasteiger partial charge in [-0.1, -0.05) is 13.8 Å². The number of aliphatic hydroxyl groups excluding tert-OH is 1. The lowest BCUT2D eigenvalue weighted by Gasteiger charge is -2.33. The van der Waals surface area contributed by atoms with Crippen molar-refractivity contribution < 1.29 is 5.11 Å². The van der Waals surface area contributed by atoms with Gasteiger partial charge in [-0.2, -0.15) is 0 Å². The molecule has 1 aliphatic carbocycles. The second-order valence-electron chi connectivity index (χ2n) is 5.09. The van der Waals surface area contributed by atoms with Crippen molar-refractivity contribution in [2.24, 2.45) is 11.8 Å². The van der Waals surface area contributed by atoms with Gasteiger partial charge in [0.05, 0.1) is 6.10 Å². The van der Waals surface area contributed by atoms with Crippen LogP contribution in [0.1, 0.15) is 46.0 Å². The maximum absolute atomic E-state index is 9.44. The number of nitrogens with one attached hydrogen (secondary N) is 1. The summed E-state index contributed by atoms with van der Waals surface area (Å²) in [4.78, 5) is 0. The predicted molar refractivity (Wildman–Crippen MR) is 60.3 cm³/mol. The third-order valence-corrected chi connectivity index (χ3v) is 3.41. The lowest BCUT2D eigenvalue weighted by atomic mass is 9.80. The van der Waals surface area contributed by atoms with Gasteiger partial charge in [0.1, 0.15) is 0 Å². The lowest BCUT2D eigenvalue weighted by molar-refractivity contribution is 0.0952. The first-order chi connectivity index (χ1) is 6.63. The summed E-state index contributed by atoms with van der Waals surface area (Å²) >= 11 is 0. The molecule has 1 rings (SSSR count). The molecule has 2 heteroatoms. The molecule has 1 fully saturated rings. The zero-order valence-corrected chi connectivity index (χ0v) is 9.79. The van der Waals surface area contributed by atoms with E-state index < -0.39 is 0 Å². The molecule has 1 aliphatic rings. The molecule has 0 radical (unpaired) electrons. The highest BCUT2D eigenvalue weighted by molar-refractivity contribution is 4.81. The van der Waals surface area contributed by atoms with Crippen molar-refractivity contribution in [3.63, 3.8) is 0 Å². The normalized spacial score (nSPS) is 30.6. The second kappa shape index (κ2) is 5.72. The molecule has 14 heavy (non-hydrogen) atoms. The van der Waals surface area contributed by atoms with Crippen molar-refractivity contribution in [1.82, 2.24) is 5.32 Å². The molecular weight excluding hydrogens is 174 g/mol. The molecule has 84 valence electrons. The molecule has 0 heterocycles. The molecule has 0 aliphatic heterocycles. The van der Waals surface area contributed by atoms with Gasteiger partial charge in [0.2, 0.25) is 0 Å². The van der Waals surface area contributed by atoms with Crippen molar-refractivity contribution in [2.75, 3.05) is 7.05 Å². The summed E-state index contributed by atoms with van der Waals surface area (Å²) in [5, 5.41) is 12.9. The van der Waals surface area contributed by atoms with Crippen molar-refractivity contribution in [3.05, 3.63) is 0 Å². The molecule has 0 amide bonds. The first-order valence-corrected chi connectivity index (χ1v) is 5.98. The Morgan fingerprint density at radius 1 is 1.21 bits per heavy atom. The van der Waals surface area contributed by atoms with E-state index >= 15 is 0 Å². The summed E-state index contributed by atoms with van der Waals surface area (Å²) in [6.07, 6.45) is 5.63. The molecule has 1 saturated carbocycles. The Morgan fingerprint density at radius 3 is 2.21 bits per heavy atom. The largest absolute Gasteiger partial charge is 0.393 e. The zero-order valence-electron chi connectivity index (χ0n) is 9.79. The molecule has 0 aromatic carbocycles. The van der Waals surface area contributed by atoms with Gasteiger partial charge in [0.15, 0.2) is 0 Å². The first kappa shape index (κ1) is 12.0. The van der Waals surface area contributed by atoms with Crippen LogP contribution in [0.15, 0.2) is 0 Å². The van der Waals surface area contributed by atoms with E-state index in [0.717, 1.165) is 24.7 Å². The minimum absolute atomic E-state index is 0.0252. The Bertz CT molecular complexity index is 150. The van der Waals surface area contributed by atoms with E-state index in [0.29, 0.717) is 6.04 Å². The fraction of sp³-hybridized carbons (Fsp3) is 1.00. The second-order valence-corrected chi connectivity index (χ2v) is 5.09. The summed E-state index contributed by atoms with van der Waals surface area (Å²) < 4.78 is 0. The fourth-order valence-electron chi connectivity index (χ4n) is 2.56. The SMILES string of the molecule is CNC(CC(C)C)C1CCC(O)CC1. The van der Waals surface area contributed by atoms with Crippen molar-refractivity contribution in [1.29, 1.82) is 0 Å². The summed E-state index contributed by atoms with van der Waals surface area (Å²) in [5.74, 6) is 1.55. The van der Waals surface area contributed by atoms with Gasteiger partial charge in [-0.3, -0.25) is 0 Å². The third-order valence-electron chi connectivity index (χ3n) is 3.41. The predicted octanol–water partition coefficient (Wildman–Crippen LogP) is 2.17. The smallest absolute Gasteiger partial charge is 0.0540 e. The summed E-state index contributed by atoms with van der Waals surface area (Å²) in [6, 6.07) is 0.655. The van der Waals surface area contributed by atoms with Crippen LogP contribution in [0.4, 0.5) is 0 Å². The van der Waals surface area contributed by atoms with Crippen LogP contribution in [0.3, 0.4) is 0 Å². The van der Waals surface area contributed by atoms with Gasteiger partial charge in [0, 0.05) is 6.04 Å². The standard InChI is InChI=1S/C12H25NO/c1-9(2)8-12(13-3)10-4-6-11(14)7-5-10/h9-14H,4-8H2,1-3H3. The highest BCUT2D eigenvalue weighted by atomic mass is 16.3. The topological polar surface area (TPSA) is 32.3 Å². The maximum Gasteiger partial charge on any atom is 0.0540 e. The average Bonchev–Trinajstić information content (AvgIpc) is 2.15. The molecule has 0 saturated heterocycles. The molecular formula is C12H25NO. The van der Waals surface area contributed by atoms with Gasteiger partial charge in [-0.25, -0.2) is 0 Å². The van der Waals surface area contributed by atoms with Crippen LogP contribution in [0, 0.1) is 11.8 Å². The molecule has 0 aromatic heterocycles. The van der Waals surface area contributed by atoms with E-state index in [1.165, 1.54) is 19.3 Å². The monoisotopic (exact) mass is 199 g/mol. The van der Waals surface area contributed by atoms with Crippen molar-refractivity contribution in [2.45, 2.75) is 58.1 Å². The third kappa shape index (κ3) is 3.58. The summed E-state index contributed by atoms with van der Waals surface area (Å²) in [7, 11) is 2.07. The Kier molecular flexibility index (Phi) is 4.90. The van der Waals surface area contributed by atoms with Crippen LogP contribution in [0.5, 0.6) is 0 Å². The minimum Gasteiger partial charge on any atom is -0.393 e. The number of aliphatic hydroxyl groups is 1. The molecule has 0 spiro atoms. The summed E-state index contributed by atoms with van der Waals surface area (Å²) in [6.45, 7) is 4.56. The number of rotatable bonds is 4. The van der Waals surface area contributed by atoms with E-state index in [-0.39, 0.29) is 6.10 Å². The molecule has 0 aromatic rings. The highest BCUT2D eigenvalue weighted by Crippen LogP contribution is 2.29. The average molecular weight is 199 g/mol. The Hall–Kier alpha value is -0.0800. The zero-order chi connectivity index (χ0) is 10.6. The minimum atomic E-state index is -0.0252. The Balaban J connectivity index is 2.36. The van der Waals surface area contributed by atoms with Crippen LogP contribution in [-0.2, 0) is 0 Å². The van der Waals surface area contributed by atoms with Crippen molar-refractivity contribution >= 4 is 0 Å². The molecule has 2 N–H and O–H groups in total. The van der Waals surface area contributed by atoms with Crippen LogP contribution >= 0.6 is 0 Å². The van der Waals surface area contributed by atoms with E-state index in [1.54, 1.807) is 0 Å². The van der Waals surface area contributed by atoms with Gasteiger partial charge >= 0.3 is 0 Å². The van der Waals surface area contributed by atoms with Crippen LogP contribution in [-0.4, -0.2) is 24.3 Å². The van der Waals surface area contributed by atoms with E-state index in [1.807, 2.05) is 0 Å². The van der Waals surface area contributed by atoms with E-state index in [2.05, 4.69) is 26.2 Å². The van der Waals surface area contributed by atoms with Gasteiger partial charge in [-0.15, -0.1) is 0 Å². The Labute approximate surface area is 88.1 Å². The van der Waals surface area contributed by atoms with Crippen LogP contribution < -0.4 is 5.32 Å². The molecule has 1 unspecified atom stereocenters.